The number of amides is 3. The zero-order valence-electron chi connectivity index (χ0n) is 11.1. The number of hydrogen-bond donors (Lipinski definition) is 2. The Kier molecular flexibility index (Phi) is 2.93. The molecule has 0 bridgehead atoms. The minimum Gasteiger partial charge on any atom is -0.345 e. The number of benzene rings is 1. The number of carbonyl (C=O) groups excluding carboxylic acids is 3. The van der Waals surface area contributed by atoms with Crippen molar-refractivity contribution in [2.24, 2.45) is 0 Å². The summed E-state index contributed by atoms with van der Waals surface area (Å²) in [7, 11) is 1.65. The van der Waals surface area contributed by atoms with Gasteiger partial charge in [-0.05, 0) is 18.9 Å². The molecule has 6 nitrogen and oxygen atoms in total. The summed E-state index contributed by atoms with van der Waals surface area (Å²) in [6, 6.07) is 6.54. The van der Waals surface area contributed by atoms with Gasteiger partial charge in [-0.15, -0.1) is 0 Å². The van der Waals surface area contributed by atoms with Gasteiger partial charge in [-0.1, -0.05) is 18.2 Å². The molecule has 104 valence electrons. The molecule has 20 heavy (non-hydrogen) atoms. The lowest BCUT2D eigenvalue weighted by atomic mass is 10.1. The van der Waals surface area contributed by atoms with Gasteiger partial charge in [0.1, 0.15) is 6.04 Å². The van der Waals surface area contributed by atoms with E-state index in [-0.39, 0.29) is 11.9 Å². The van der Waals surface area contributed by atoms with E-state index in [1.165, 1.54) is 4.90 Å². The summed E-state index contributed by atoms with van der Waals surface area (Å²) in [5, 5.41) is 5.11. The van der Waals surface area contributed by atoms with Crippen molar-refractivity contribution >= 4 is 23.4 Å². The SMILES string of the molecule is CN1C(=O)[C@H](NC(=O)C(=O)NC2CC2)c2ccccc21. The maximum absolute atomic E-state index is 12.1. The van der Waals surface area contributed by atoms with Crippen LogP contribution in [0, 0.1) is 0 Å². The average Bonchev–Trinajstić information content (AvgIpc) is 3.23. The van der Waals surface area contributed by atoms with Gasteiger partial charge in [0.25, 0.3) is 5.91 Å². The van der Waals surface area contributed by atoms with Crippen LogP contribution in [0.15, 0.2) is 24.3 Å². The first kappa shape index (κ1) is 12.7. The number of anilines is 1. The van der Waals surface area contributed by atoms with E-state index in [0.717, 1.165) is 18.5 Å². The zero-order chi connectivity index (χ0) is 14.3. The molecule has 0 spiro atoms. The van der Waals surface area contributed by atoms with Crippen LogP contribution in [0.1, 0.15) is 24.4 Å². The molecule has 1 aliphatic carbocycles. The Morgan fingerprint density at radius 2 is 1.80 bits per heavy atom. The first-order chi connectivity index (χ1) is 9.58. The molecular formula is C14H15N3O3. The van der Waals surface area contributed by atoms with Crippen molar-refractivity contribution in [1.82, 2.24) is 10.6 Å². The number of rotatable bonds is 2. The van der Waals surface area contributed by atoms with Gasteiger partial charge in [-0.2, -0.15) is 0 Å². The summed E-state index contributed by atoms with van der Waals surface area (Å²) in [6.45, 7) is 0. The van der Waals surface area contributed by atoms with Crippen molar-refractivity contribution in [2.45, 2.75) is 24.9 Å². The topological polar surface area (TPSA) is 78.5 Å². The maximum Gasteiger partial charge on any atom is 0.310 e. The molecule has 6 heteroatoms. The highest BCUT2D eigenvalue weighted by Crippen LogP contribution is 2.34. The van der Waals surface area contributed by atoms with E-state index in [2.05, 4.69) is 10.6 Å². The third kappa shape index (κ3) is 2.13. The largest absolute Gasteiger partial charge is 0.345 e. The van der Waals surface area contributed by atoms with E-state index in [4.69, 9.17) is 0 Å². The molecule has 1 aromatic rings. The number of fused-ring (bicyclic) bond motifs is 1. The number of nitrogens with zero attached hydrogens (tertiary/aromatic N) is 1. The van der Waals surface area contributed by atoms with Crippen molar-refractivity contribution in [3.05, 3.63) is 29.8 Å². The van der Waals surface area contributed by atoms with Crippen molar-refractivity contribution < 1.29 is 14.4 Å². The van der Waals surface area contributed by atoms with Crippen LogP contribution in [-0.2, 0) is 14.4 Å². The third-order valence-corrected chi connectivity index (χ3v) is 3.58. The molecule has 3 amide bonds. The second kappa shape index (κ2) is 4.63. The van der Waals surface area contributed by atoms with Crippen LogP contribution in [-0.4, -0.2) is 30.8 Å². The van der Waals surface area contributed by atoms with E-state index >= 15 is 0 Å². The summed E-state index contributed by atoms with van der Waals surface area (Å²) in [6.07, 6.45) is 1.82. The van der Waals surface area contributed by atoms with E-state index in [1.54, 1.807) is 19.2 Å². The predicted octanol–water partition coefficient (Wildman–Crippen LogP) is 0.0989. The van der Waals surface area contributed by atoms with Crippen LogP contribution in [0.3, 0.4) is 0 Å². The first-order valence-corrected chi connectivity index (χ1v) is 6.56. The summed E-state index contributed by atoms with van der Waals surface area (Å²) in [4.78, 5) is 37.1. The number of hydrogen-bond acceptors (Lipinski definition) is 3. The number of likely N-dealkylation sites (N-methyl/N-ethyl adjacent to an activating group) is 1. The minimum atomic E-state index is -0.784. The van der Waals surface area contributed by atoms with Gasteiger partial charge in [-0.25, -0.2) is 0 Å². The summed E-state index contributed by atoms with van der Waals surface area (Å²) < 4.78 is 0. The second-order valence-corrected chi connectivity index (χ2v) is 5.11. The number of carbonyl (C=O) groups is 3. The Bertz CT molecular complexity index is 595. The lowest BCUT2D eigenvalue weighted by Gasteiger charge is -2.12. The van der Waals surface area contributed by atoms with Gasteiger partial charge in [0.15, 0.2) is 0 Å². The molecule has 3 rings (SSSR count). The maximum atomic E-state index is 12.1. The van der Waals surface area contributed by atoms with Crippen LogP contribution in [0.2, 0.25) is 0 Å². The molecular weight excluding hydrogens is 258 g/mol. The Morgan fingerprint density at radius 3 is 2.50 bits per heavy atom. The Hall–Kier alpha value is -2.37. The molecule has 1 aromatic carbocycles. The van der Waals surface area contributed by atoms with Crippen molar-refractivity contribution in [2.75, 3.05) is 11.9 Å². The first-order valence-electron chi connectivity index (χ1n) is 6.56. The number of nitrogens with one attached hydrogen (secondary N) is 2. The molecule has 1 saturated carbocycles. The second-order valence-electron chi connectivity index (χ2n) is 5.11. The van der Waals surface area contributed by atoms with Crippen LogP contribution >= 0.6 is 0 Å². The monoisotopic (exact) mass is 273 g/mol. The highest BCUT2D eigenvalue weighted by Gasteiger charge is 2.37. The fourth-order valence-corrected chi connectivity index (χ4v) is 2.30. The lowest BCUT2D eigenvalue weighted by molar-refractivity contribution is -0.140. The van der Waals surface area contributed by atoms with Gasteiger partial charge in [0.2, 0.25) is 0 Å². The standard InChI is InChI=1S/C14H15N3O3/c1-17-10-5-3-2-4-9(10)11(14(17)20)16-13(19)12(18)15-8-6-7-8/h2-5,8,11H,6-7H2,1H3,(H,15,18)(H,16,19)/t11-/m1/s1. The van der Waals surface area contributed by atoms with Gasteiger partial charge < -0.3 is 15.5 Å². The lowest BCUT2D eigenvalue weighted by Crippen LogP contribution is -2.44. The Labute approximate surface area is 116 Å². The molecule has 2 N–H and O–H groups in total. The molecule has 0 unspecified atom stereocenters. The molecule has 0 aromatic heterocycles. The predicted molar refractivity (Wildman–Crippen MR) is 71.9 cm³/mol. The molecule has 1 heterocycles. The number of para-hydroxylation sites is 1. The molecule has 0 radical (unpaired) electrons. The van der Waals surface area contributed by atoms with Crippen molar-refractivity contribution in [3.8, 4) is 0 Å². The smallest absolute Gasteiger partial charge is 0.310 e. The fraction of sp³-hybridized carbons (Fsp3) is 0.357. The van der Waals surface area contributed by atoms with E-state index < -0.39 is 17.9 Å². The van der Waals surface area contributed by atoms with E-state index in [1.807, 2.05) is 12.1 Å². The summed E-state index contributed by atoms with van der Waals surface area (Å²) >= 11 is 0. The van der Waals surface area contributed by atoms with Gasteiger partial charge >= 0.3 is 11.8 Å². The van der Waals surface area contributed by atoms with Crippen LogP contribution in [0.25, 0.3) is 0 Å². The van der Waals surface area contributed by atoms with Gasteiger partial charge in [0, 0.05) is 24.3 Å². The van der Waals surface area contributed by atoms with Crippen LogP contribution in [0.5, 0.6) is 0 Å². The quantitative estimate of drug-likeness (QED) is 0.750. The van der Waals surface area contributed by atoms with Crippen LogP contribution < -0.4 is 15.5 Å². The minimum absolute atomic E-state index is 0.113. The third-order valence-electron chi connectivity index (χ3n) is 3.58. The highest BCUT2D eigenvalue weighted by atomic mass is 16.2. The normalized spacial score (nSPS) is 20.6. The Morgan fingerprint density at radius 1 is 1.15 bits per heavy atom. The Balaban J connectivity index is 1.75. The summed E-state index contributed by atoms with van der Waals surface area (Å²) in [5.41, 5.74) is 1.47. The van der Waals surface area contributed by atoms with Crippen molar-refractivity contribution in [1.29, 1.82) is 0 Å². The van der Waals surface area contributed by atoms with E-state index in [0.29, 0.717) is 5.56 Å². The molecule has 0 saturated heterocycles. The van der Waals surface area contributed by atoms with Crippen molar-refractivity contribution in [3.63, 3.8) is 0 Å². The molecule has 2 aliphatic rings. The highest BCUT2D eigenvalue weighted by molar-refractivity contribution is 6.35. The van der Waals surface area contributed by atoms with Gasteiger partial charge in [0.05, 0.1) is 0 Å². The fourth-order valence-electron chi connectivity index (χ4n) is 2.30. The molecule has 1 fully saturated rings. The van der Waals surface area contributed by atoms with Crippen LogP contribution in [0.4, 0.5) is 5.69 Å². The molecule has 1 atom stereocenters. The summed E-state index contributed by atoms with van der Waals surface area (Å²) in [5.74, 6) is -1.67. The van der Waals surface area contributed by atoms with E-state index in [9.17, 15) is 14.4 Å². The zero-order valence-corrected chi connectivity index (χ0v) is 11.1. The van der Waals surface area contributed by atoms with Gasteiger partial charge in [-0.3, -0.25) is 14.4 Å². The molecule has 1 aliphatic heterocycles. The average molecular weight is 273 g/mol.